The highest BCUT2D eigenvalue weighted by Gasteiger charge is 2.36. The molecule has 1 aromatic carbocycles. The van der Waals surface area contributed by atoms with E-state index < -0.39 is 89.7 Å². The van der Waals surface area contributed by atoms with Crippen LogP contribution in [0.2, 0.25) is 0 Å². The third-order valence-corrected chi connectivity index (χ3v) is 10.3. The van der Waals surface area contributed by atoms with Gasteiger partial charge in [0.15, 0.2) is 6.29 Å². The van der Waals surface area contributed by atoms with Crippen LogP contribution in [-0.2, 0) is 49.4 Å². The molecule has 0 aliphatic carbocycles. The number of carboxylic acids is 1. The van der Waals surface area contributed by atoms with Gasteiger partial charge in [-0.2, -0.15) is 0 Å². The van der Waals surface area contributed by atoms with Crippen molar-refractivity contribution in [2.75, 3.05) is 20.3 Å². The molecule has 0 radical (unpaired) electrons. The number of esters is 1. The highest BCUT2D eigenvalue weighted by molar-refractivity contribution is 5.93. The van der Waals surface area contributed by atoms with Gasteiger partial charge >= 0.3 is 11.9 Å². The van der Waals surface area contributed by atoms with Gasteiger partial charge in [-0.1, -0.05) is 66.5 Å². The molecule has 1 saturated heterocycles. The van der Waals surface area contributed by atoms with Crippen LogP contribution in [0.1, 0.15) is 113 Å². The van der Waals surface area contributed by atoms with E-state index in [0.29, 0.717) is 31.8 Å². The maximum atomic E-state index is 14.2. The lowest BCUT2D eigenvalue weighted by molar-refractivity contribution is -0.155. The van der Waals surface area contributed by atoms with Crippen LogP contribution >= 0.6 is 0 Å². The van der Waals surface area contributed by atoms with Crippen molar-refractivity contribution < 1.29 is 52.8 Å². The Morgan fingerprint density at radius 2 is 1.47 bits per heavy atom. The first kappa shape index (κ1) is 50.9. The second-order valence-corrected chi connectivity index (χ2v) is 17.2. The molecule has 1 fully saturated rings. The quantitative estimate of drug-likeness (QED) is 0.0941. The number of nitrogens with one attached hydrogen (secondary N) is 3. The van der Waals surface area contributed by atoms with Gasteiger partial charge in [0, 0.05) is 19.9 Å². The van der Waals surface area contributed by atoms with E-state index in [-0.39, 0.29) is 43.9 Å². The van der Waals surface area contributed by atoms with Crippen molar-refractivity contribution >= 4 is 35.6 Å². The number of ether oxygens (including phenoxy) is 4. The predicted molar refractivity (Wildman–Crippen MR) is 222 cm³/mol. The zero-order valence-corrected chi connectivity index (χ0v) is 37.0. The molecule has 334 valence electrons. The molecule has 1 aliphatic heterocycles. The lowest BCUT2D eigenvalue weighted by atomic mass is 9.96. The van der Waals surface area contributed by atoms with E-state index in [4.69, 9.17) is 24.7 Å². The van der Waals surface area contributed by atoms with Crippen molar-refractivity contribution in [3.8, 4) is 5.75 Å². The van der Waals surface area contributed by atoms with Gasteiger partial charge in [-0.15, -0.1) is 0 Å². The van der Waals surface area contributed by atoms with E-state index in [1.165, 1.54) is 18.9 Å². The lowest BCUT2D eigenvalue weighted by Gasteiger charge is -2.33. The standard InChI is InChI=1S/C43H71N5O11/c1-12-26(5)36(44)40(52)48(11)33(24-29-14-16-30(17-15-29)59-43(8,9)10)39(51)47-37(27(6)13-2)42(55)58-28(7)23-34(49)45-32(22-25(3)4)38(50)46-31(41(53)54)18-19-35-56-20-21-57-35/h14-17,25-28,31-33,35-37H,12-13,18-24,44H2,1-11H3,(H,45,49)(H,46,50)(H,47,51)(H,53,54)/t26-,27-,28+,31-,32-,33-,36-,37-/m0/s1. The molecule has 2 rings (SSSR count). The van der Waals surface area contributed by atoms with Crippen LogP contribution in [0.5, 0.6) is 5.75 Å². The number of aliphatic carboxylic acids is 1. The Morgan fingerprint density at radius 1 is 0.881 bits per heavy atom. The first-order chi connectivity index (χ1) is 27.6. The van der Waals surface area contributed by atoms with Gasteiger partial charge < -0.3 is 50.6 Å². The summed E-state index contributed by atoms with van der Waals surface area (Å²) in [6.45, 7) is 19.3. The number of likely N-dealkylation sites (N-methyl/N-ethyl adjacent to an activating group) is 1. The van der Waals surface area contributed by atoms with Crippen LogP contribution < -0.4 is 26.4 Å². The van der Waals surface area contributed by atoms with Gasteiger partial charge in [-0.3, -0.25) is 19.2 Å². The van der Waals surface area contributed by atoms with Crippen molar-refractivity contribution in [3.05, 3.63) is 29.8 Å². The molecule has 0 spiro atoms. The van der Waals surface area contributed by atoms with Gasteiger partial charge in [-0.05, 0) is 76.0 Å². The van der Waals surface area contributed by atoms with Crippen LogP contribution in [0.4, 0.5) is 0 Å². The van der Waals surface area contributed by atoms with Crippen LogP contribution in [0, 0.1) is 17.8 Å². The van der Waals surface area contributed by atoms with Crippen molar-refractivity contribution in [1.82, 2.24) is 20.9 Å². The van der Waals surface area contributed by atoms with Crippen LogP contribution in [0.3, 0.4) is 0 Å². The number of nitrogens with zero attached hydrogens (tertiary/aromatic N) is 1. The van der Waals surface area contributed by atoms with E-state index in [1.54, 1.807) is 19.1 Å². The zero-order valence-electron chi connectivity index (χ0n) is 37.0. The topological polar surface area (TPSA) is 225 Å². The van der Waals surface area contributed by atoms with Gasteiger partial charge in [-0.25, -0.2) is 9.59 Å². The molecule has 0 bridgehead atoms. The third kappa shape index (κ3) is 17.5. The number of carbonyl (C=O) groups excluding carboxylic acids is 5. The number of nitrogens with two attached hydrogens (primary N) is 1. The van der Waals surface area contributed by atoms with Crippen molar-refractivity contribution in [3.63, 3.8) is 0 Å². The van der Waals surface area contributed by atoms with Gasteiger partial charge in [0.05, 0.1) is 25.7 Å². The molecule has 0 aromatic heterocycles. The lowest BCUT2D eigenvalue weighted by Crippen LogP contribution is -2.57. The van der Waals surface area contributed by atoms with Crippen molar-refractivity contribution in [2.45, 2.75) is 162 Å². The summed E-state index contributed by atoms with van der Waals surface area (Å²) in [7, 11) is 1.53. The zero-order chi connectivity index (χ0) is 44.6. The second kappa shape index (κ2) is 24.1. The van der Waals surface area contributed by atoms with Gasteiger partial charge in [0.25, 0.3) is 0 Å². The Kier molecular flexibility index (Phi) is 20.8. The Morgan fingerprint density at radius 3 is 2.00 bits per heavy atom. The van der Waals surface area contributed by atoms with E-state index in [0.717, 1.165) is 5.56 Å². The van der Waals surface area contributed by atoms with Crippen LogP contribution in [0.15, 0.2) is 24.3 Å². The average Bonchev–Trinajstić information content (AvgIpc) is 3.69. The Labute approximate surface area is 350 Å². The molecule has 0 unspecified atom stereocenters. The average molecular weight is 834 g/mol. The fraction of sp³-hybridized carbons (Fsp3) is 0.721. The fourth-order valence-electron chi connectivity index (χ4n) is 6.42. The monoisotopic (exact) mass is 834 g/mol. The largest absolute Gasteiger partial charge is 0.488 e. The Balaban J connectivity index is 2.20. The molecular formula is C43H71N5O11. The number of benzene rings is 1. The number of hydrogen-bond acceptors (Lipinski definition) is 11. The van der Waals surface area contributed by atoms with Crippen LogP contribution in [-0.4, -0.2) is 114 Å². The molecular weight excluding hydrogens is 762 g/mol. The molecule has 8 atom stereocenters. The summed E-state index contributed by atoms with van der Waals surface area (Å²) in [4.78, 5) is 81.3. The summed E-state index contributed by atoms with van der Waals surface area (Å²) in [6, 6.07) is 1.96. The van der Waals surface area contributed by atoms with E-state index >= 15 is 0 Å². The van der Waals surface area contributed by atoms with Gasteiger partial charge in [0.1, 0.15) is 41.6 Å². The molecule has 1 heterocycles. The minimum absolute atomic E-state index is 0.0319. The van der Waals surface area contributed by atoms with E-state index in [1.807, 2.05) is 67.5 Å². The molecule has 1 aliphatic rings. The van der Waals surface area contributed by atoms with E-state index in [2.05, 4.69) is 16.0 Å². The fourth-order valence-corrected chi connectivity index (χ4v) is 6.42. The molecule has 16 nitrogen and oxygen atoms in total. The normalized spacial score (nSPS) is 17.4. The van der Waals surface area contributed by atoms with Crippen molar-refractivity contribution in [1.29, 1.82) is 0 Å². The highest BCUT2D eigenvalue weighted by Crippen LogP contribution is 2.22. The molecule has 16 heteroatoms. The number of amides is 4. The van der Waals surface area contributed by atoms with Crippen molar-refractivity contribution in [2.24, 2.45) is 23.5 Å². The molecule has 1 aromatic rings. The summed E-state index contributed by atoms with van der Waals surface area (Å²) in [5.74, 6) is -4.15. The maximum Gasteiger partial charge on any atom is 0.329 e. The smallest absolute Gasteiger partial charge is 0.329 e. The van der Waals surface area contributed by atoms with Crippen LogP contribution in [0.25, 0.3) is 0 Å². The number of carboxylic acid groups (broad SMARTS) is 1. The summed E-state index contributed by atoms with van der Waals surface area (Å²) in [6.07, 6.45) is 0.0181. The maximum absolute atomic E-state index is 14.2. The highest BCUT2D eigenvalue weighted by atomic mass is 16.7. The minimum Gasteiger partial charge on any atom is -0.488 e. The third-order valence-electron chi connectivity index (χ3n) is 10.3. The molecule has 6 N–H and O–H groups in total. The Bertz CT molecular complexity index is 1530. The summed E-state index contributed by atoms with van der Waals surface area (Å²) in [5, 5.41) is 17.8. The molecule has 59 heavy (non-hydrogen) atoms. The summed E-state index contributed by atoms with van der Waals surface area (Å²) in [5.41, 5.74) is 6.67. The van der Waals surface area contributed by atoms with Gasteiger partial charge in [0.2, 0.25) is 23.6 Å². The predicted octanol–water partition coefficient (Wildman–Crippen LogP) is 3.71. The summed E-state index contributed by atoms with van der Waals surface area (Å²) >= 11 is 0. The molecule has 0 saturated carbocycles. The first-order valence-electron chi connectivity index (χ1n) is 20.9. The number of rotatable bonds is 24. The number of hydrogen-bond donors (Lipinski definition) is 5. The second-order valence-electron chi connectivity index (χ2n) is 17.2. The van der Waals surface area contributed by atoms with E-state index in [9.17, 15) is 33.9 Å². The molecule has 4 amide bonds. The summed E-state index contributed by atoms with van der Waals surface area (Å²) < 4.78 is 22.4. The first-order valence-corrected chi connectivity index (χ1v) is 20.9. The Hall–Kier alpha value is -4.28. The minimum atomic E-state index is -1.23. The number of carbonyl (C=O) groups is 6. The SMILES string of the molecule is CC[C@H](C)[C@H](N)C(=O)N(C)[C@@H](Cc1ccc(OC(C)(C)C)cc1)C(=O)N[C@H](C(=O)O[C@H](C)CC(=O)N[C@@H](CC(C)C)C(=O)N[C@@H](CCC1OCCO1)C(=O)O)[C@@H](C)CC.